The summed E-state index contributed by atoms with van der Waals surface area (Å²) < 4.78 is 0. The van der Waals surface area contributed by atoms with E-state index < -0.39 is 11.9 Å². The van der Waals surface area contributed by atoms with E-state index in [1.54, 1.807) is 36.9 Å². The number of thioether (sulfide) groups is 1. The zero-order chi connectivity index (χ0) is 14.4. The van der Waals surface area contributed by atoms with Crippen LogP contribution < -0.4 is 16.8 Å². The molecule has 19 heavy (non-hydrogen) atoms. The van der Waals surface area contributed by atoms with Crippen molar-refractivity contribution in [2.45, 2.75) is 19.4 Å². The molecular formula is C13H19N3O2S. The fourth-order valence-corrected chi connectivity index (χ4v) is 2.07. The van der Waals surface area contributed by atoms with E-state index in [0.29, 0.717) is 17.7 Å². The minimum absolute atomic E-state index is 0.256. The summed E-state index contributed by atoms with van der Waals surface area (Å²) in [6.07, 6.45) is 2.57. The van der Waals surface area contributed by atoms with E-state index >= 15 is 0 Å². The second kappa shape index (κ2) is 7.16. The SMILES string of the molecule is CSCC[C@H](N)C(=O)Nc1ccc(C)c(C(N)=O)c1. The molecule has 0 aliphatic carbocycles. The highest BCUT2D eigenvalue weighted by Crippen LogP contribution is 2.15. The Morgan fingerprint density at radius 2 is 2.11 bits per heavy atom. The number of hydrogen-bond acceptors (Lipinski definition) is 4. The van der Waals surface area contributed by atoms with Crippen LogP contribution in [0.2, 0.25) is 0 Å². The fraction of sp³-hybridized carbons (Fsp3) is 0.385. The number of primary amides is 1. The Labute approximate surface area is 117 Å². The lowest BCUT2D eigenvalue weighted by atomic mass is 10.1. The standard InChI is InChI=1S/C13H19N3O2S/c1-8-3-4-9(7-10(8)12(15)17)16-13(18)11(14)5-6-19-2/h3-4,7,11H,5-6,14H2,1-2H3,(H2,15,17)(H,16,18)/t11-/m0/s1. The molecule has 104 valence electrons. The normalized spacial score (nSPS) is 11.9. The zero-order valence-corrected chi connectivity index (χ0v) is 11.9. The maximum absolute atomic E-state index is 11.8. The van der Waals surface area contributed by atoms with Crippen molar-refractivity contribution >= 4 is 29.3 Å². The number of aryl methyl sites for hydroxylation is 1. The summed E-state index contributed by atoms with van der Waals surface area (Å²) in [5, 5.41) is 2.69. The maximum atomic E-state index is 11.8. The molecule has 0 unspecified atom stereocenters. The van der Waals surface area contributed by atoms with Crippen molar-refractivity contribution in [2.24, 2.45) is 11.5 Å². The van der Waals surface area contributed by atoms with Crippen LogP contribution in [0.4, 0.5) is 5.69 Å². The molecule has 5 N–H and O–H groups in total. The molecule has 0 fully saturated rings. The average molecular weight is 281 g/mol. The van der Waals surface area contributed by atoms with Crippen LogP contribution in [0.1, 0.15) is 22.3 Å². The van der Waals surface area contributed by atoms with Crippen molar-refractivity contribution in [1.82, 2.24) is 0 Å². The van der Waals surface area contributed by atoms with Gasteiger partial charge in [0.25, 0.3) is 0 Å². The van der Waals surface area contributed by atoms with Crippen molar-refractivity contribution in [1.29, 1.82) is 0 Å². The quantitative estimate of drug-likeness (QED) is 0.727. The number of benzene rings is 1. The minimum Gasteiger partial charge on any atom is -0.366 e. The highest BCUT2D eigenvalue weighted by Gasteiger charge is 2.14. The summed E-state index contributed by atoms with van der Waals surface area (Å²) in [5.41, 5.74) is 12.7. The molecule has 1 aromatic rings. The van der Waals surface area contributed by atoms with Gasteiger partial charge in [0.1, 0.15) is 0 Å². The number of amides is 2. The van der Waals surface area contributed by atoms with Gasteiger partial charge in [-0.2, -0.15) is 11.8 Å². The van der Waals surface area contributed by atoms with Crippen molar-refractivity contribution in [3.05, 3.63) is 29.3 Å². The summed E-state index contributed by atoms with van der Waals surface area (Å²) >= 11 is 1.64. The van der Waals surface area contributed by atoms with Gasteiger partial charge in [-0.25, -0.2) is 0 Å². The lowest BCUT2D eigenvalue weighted by Crippen LogP contribution is -2.36. The van der Waals surface area contributed by atoms with Crippen LogP contribution in [0.25, 0.3) is 0 Å². The zero-order valence-electron chi connectivity index (χ0n) is 11.1. The van der Waals surface area contributed by atoms with Crippen LogP contribution in [0.5, 0.6) is 0 Å². The van der Waals surface area contributed by atoms with Crippen LogP contribution in [-0.2, 0) is 4.79 Å². The number of rotatable bonds is 6. The molecule has 0 spiro atoms. The van der Waals surface area contributed by atoms with Gasteiger partial charge in [-0.15, -0.1) is 0 Å². The van der Waals surface area contributed by atoms with Gasteiger partial charge in [0, 0.05) is 11.3 Å². The van der Waals surface area contributed by atoms with E-state index in [-0.39, 0.29) is 5.91 Å². The molecule has 1 rings (SSSR count). The largest absolute Gasteiger partial charge is 0.366 e. The first kappa shape index (κ1) is 15.5. The number of hydrogen-bond donors (Lipinski definition) is 3. The van der Waals surface area contributed by atoms with Crippen LogP contribution in [0.15, 0.2) is 18.2 Å². The number of carbonyl (C=O) groups is 2. The van der Waals surface area contributed by atoms with Crippen molar-refractivity contribution in [3.8, 4) is 0 Å². The van der Waals surface area contributed by atoms with Crippen LogP contribution >= 0.6 is 11.8 Å². The Balaban J connectivity index is 2.74. The molecule has 2 amide bonds. The van der Waals surface area contributed by atoms with Gasteiger partial charge in [0.15, 0.2) is 0 Å². The van der Waals surface area contributed by atoms with Gasteiger partial charge < -0.3 is 16.8 Å². The summed E-state index contributed by atoms with van der Waals surface area (Å²) in [7, 11) is 0. The smallest absolute Gasteiger partial charge is 0.249 e. The van der Waals surface area contributed by atoms with Gasteiger partial charge in [-0.05, 0) is 43.0 Å². The predicted octanol–water partition coefficient (Wildman–Crippen LogP) is 1.11. The number of anilines is 1. The highest BCUT2D eigenvalue weighted by atomic mass is 32.2. The van der Waals surface area contributed by atoms with Crippen molar-refractivity contribution < 1.29 is 9.59 Å². The van der Waals surface area contributed by atoms with Gasteiger partial charge in [-0.1, -0.05) is 6.07 Å². The van der Waals surface area contributed by atoms with Gasteiger partial charge >= 0.3 is 0 Å². The molecule has 0 radical (unpaired) electrons. The molecule has 0 saturated heterocycles. The average Bonchev–Trinajstić information content (AvgIpc) is 2.37. The van der Waals surface area contributed by atoms with Crippen molar-refractivity contribution in [3.63, 3.8) is 0 Å². The number of nitrogens with two attached hydrogens (primary N) is 2. The molecule has 5 nitrogen and oxygen atoms in total. The van der Waals surface area contributed by atoms with E-state index in [1.165, 1.54) is 0 Å². The first-order chi connectivity index (χ1) is 8.95. The minimum atomic E-state index is -0.550. The van der Waals surface area contributed by atoms with Gasteiger partial charge in [-0.3, -0.25) is 9.59 Å². The Bertz CT molecular complexity index is 477. The van der Waals surface area contributed by atoms with E-state index in [1.807, 2.05) is 6.26 Å². The Morgan fingerprint density at radius 1 is 1.42 bits per heavy atom. The molecule has 1 aromatic carbocycles. The molecule has 0 aliphatic rings. The fourth-order valence-electron chi connectivity index (χ4n) is 1.58. The number of nitrogens with one attached hydrogen (secondary N) is 1. The van der Waals surface area contributed by atoms with E-state index in [9.17, 15) is 9.59 Å². The predicted molar refractivity (Wildman–Crippen MR) is 79.3 cm³/mol. The molecule has 1 atom stereocenters. The van der Waals surface area contributed by atoms with Gasteiger partial charge in [0.05, 0.1) is 6.04 Å². The second-order valence-corrected chi connectivity index (χ2v) is 5.26. The Kier molecular flexibility index (Phi) is 5.85. The molecule has 0 aliphatic heterocycles. The Morgan fingerprint density at radius 3 is 2.68 bits per heavy atom. The molecule has 6 heteroatoms. The Hall–Kier alpha value is -1.53. The maximum Gasteiger partial charge on any atom is 0.249 e. The number of carbonyl (C=O) groups excluding carboxylic acids is 2. The topological polar surface area (TPSA) is 98.2 Å². The molecular weight excluding hydrogens is 262 g/mol. The summed E-state index contributed by atoms with van der Waals surface area (Å²) in [5.74, 6) is 0.0586. The van der Waals surface area contributed by atoms with Crippen LogP contribution in [-0.4, -0.2) is 29.9 Å². The third kappa shape index (κ3) is 4.57. The second-order valence-electron chi connectivity index (χ2n) is 4.27. The molecule has 0 aromatic heterocycles. The van der Waals surface area contributed by atoms with E-state index in [2.05, 4.69) is 5.32 Å². The van der Waals surface area contributed by atoms with Crippen LogP contribution in [0.3, 0.4) is 0 Å². The van der Waals surface area contributed by atoms with Crippen molar-refractivity contribution in [2.75, 3.05) is 17.3 Å². The molecule has 0 bridgehead atoms. The monoisotopic (exact) mass is 281 g/mol. The van der Waals surface area contributed by atoms with E-state index in [4.69, 9.17) is 11.5 Å². The van der Waals surface area contributed by atoms with Gasteiger partial charge in [0.2, 0.25) is 11.8 Å². The third-order valence-electron chi connectivity index (χ3n) is 2.74. The highest BCUT2D eigenvalue weighted by molar-refractivity contribution is 7.98. The molecule has 0 saturated carbocycles. The van der Waals surface area contributed by atoms with E-state index in [0.717, 1.165) is 11.3 Å². The summed E-state index contributed by atoms with van der Waals surface area (Å²) in [6.45, 7) is 1.79. The lowest BCUT2D eigenvalue weighted by molar-refractivity contribution is -0.117. The third-order valence-corrected chi connectivity index (χ3v) is 3.38. The first-order valence-electron chi connectivity index (χ1n) is 5.91. The summed E-state index contributed by atoms with van der Waals surface area (Å²) in [6, 6.07) is 4.48. The van der Waals surface area contributed by atoms with Crippen LogP contribution in [0, 0.1) is 6.92 Å². The molecule has 0 heterocycles. The lowest BCUT2D eigenvalue weighted by Gasteiger charge is -2.12. The summed E-state index contributed by atoms with van der Waals surface area (Å²) in [4.78, 5) is 23.0. The first-order valence-corrected chi connectivity index (χ1v) is 7.31.